The molecule has 1 heteroatoms. The smallest absolute Gasteiger partial charge is 0.00829 e. The molecule has 2 rings (SSSR count). The molecule has 1 aliphatic carbocycles. The Bertz CT molecular complexity index is 349. The first kappa shape index (κ1) is 11.7. The number of benzene rings is 1. The molecule has 88 valence electrons. The molecule has 0 radical (unpaired) electrons. The van der Waals surface area contributed by atoms with E-state index in [0.29, 0.717) is 5.41 Å². The molecule has 1 aromatic carbocycles. The molecule has 0 atom stereocenters. The van der Waals surface area contributed by atoms with E-state index in [0.717, 1.165) is 12.5 Å². The third-order valence-corrected chi connectivity index (χ3v) is 3.83. The first-order chi connectivity index (χ1) is 7.55. The molecule has 0 heterocycles. The van der Waals surface area contributed by atoms with Gasteiger partial charge < -0.3 is 5.32 Å². The Morgan fingerprint density at radius 3 is 2.19 bits per heavy atom. The van der Waals surface area contributed by atoms with Crippen LogP contribution in [0, 0.1) is 19.8 Å². The number of hydrogen-bond donors (Lipinski definition) is 1. The van der Waals surface area contributed by atoms with Crippen molar-refractivity contribution < 1.29 is 0 Å². The van der Waals surface area contributed by atoms with Crippen molar-refractivity contribution in [3.8, 4) is 0 Å². The van der Waals surface area contributed by atoms with Gasteiger partial charge in [-0.25, -0.2) is 0 Å². The zero-order valence-corrected chi connectivity index (χ0v) is 10.9. The summed E-state index contributed by atoms with van der Waals surface area (Å²) in [5, 5.41) is 3.37. The van der Waals surface area contributed by atoms with Crippen molar-refractivity contribution >= 4 is 0 Å². The molecule has 0 saturated heterocycles. The highest BCUT2D eigenvalue weighted by Gasteiger charge is 2.42. The largest absolute Gasteiger partial charge is 0.319 e. The lowest BCUT2D eigenvalue weighted by Gasteiger charge is -2.47. The van der Waals surface area contributed by atoms with Gasteiger partial charge in [-0.3, -0.25) is 0 Å². The number of likely N-dealkylation sites (N-methyl/N-ethyl adjacent to an activating group) is 1. The van der Waals surface area contributed by atoms with E-state index in [2.05, 4.69) is 51.3 Å². The minimum atomic E-state index is 0.408. The van der Waals surface area contributed by atoms with Crippen molar-refractivity contribution in [2.24, 2.45) is 5.92 Å². The molecular weight excluding hydrogens is 194 g/mol. The fraction of sp³-hybridized carbons (Fsp3) is 0.600. The van der Waals surface area contributed by atoms with Crippen molar-refractivity contribution in [2.75, 3.05) is 13.6 Å². The molecule has 0 amide bonds. The fourth-order valence-corrected chi connectivity index (χ4v) is 3.38. The molecule has 1 aliphatic rings. The lowest BCUT2D eigenvalue weighted by Crippen LogP contribution is -2.47. The van der Waals surface area contributed by atoms with Crippen LogP contribution in [-0.2, 0) is 5.41 Å². The van der Waals surface area contributed by atoms with Crippen LogP contribution in [0.3, 0.4) is 0 Å². The number of rotatable bonds is 3. The van der Waals surface area contributed by atoms with E-state index >= 15 is 0 Å². The van der Waals surface area contributed by atoms with E-state index in [1.54, 1.807) is 0 Å². The third-order valence-electron chi connectivity index (χ3n) is 3.83. The van der Waals surface area contributed by atoms with Gasteiger partial charge in [-0.1, -0.05) is 36.2 Å². The summed E-state index contributed by atoms with van der Waals surface area (Å²) in [5.74, 6) is 0.883. The first-order valence-corrected chi connectivity index (χ1v) is 6.29. The fourth-order valence-electron chi connectivity index (χ4n) is 3.38. The summed E-state index contributed by atoms with van der Waals surface area (Å²) in [7, 11) is 2.06. The summed E-state index contributed by atoms with van der Waals surface area (Å²) in [6.07, 6.45) is 2.66. The standard InChI is InChI=1S/C15H23N/c1-11-5-12(2)7-14(6-11)15(10-16-4)8-13(3)9-15/h5-7,13,16H,8-10H2,1-4H3. The Balaban J connectivity index is 2.32. The van der Waals surface area contributed by atoms with Gasteiger partial charge in [0.15, 0.2) is 0 Å². The SMILES string of the molecule is CNCC1(c2cc(C)cc(C)c2)CC(C)C1. The molecule has 0 aromatic heterocycles. The number of aryl methyl sites for hydroxylation is 2. The predicted octanol–water partition coefficient (Wildman–Crippen LogP) is 3.19. The van der Waals surface area contributed by atoms with E-state index in [1.807, 2.05) is 0 Å². The van der Waals surface area contributed by atoms with E-state index in [1.165, 1.54) is 29.5 Å². The van der Waals surface area contributed by atoms with Crippen molar-refractivity contribution in [1.82, 2.24) is 5.32 Å². The molecule has 1 N–H and O–H groups in total. The average Bonchev–Trinajstić information content (AvgIpc) is 2.13. The number of hydrogen-bond acceptors (Lipinski definition) is 1. The Morgan fingerprint density at radius 1 is 1.19 bits per heavy atom. The average molecular weight is 217 g/mol. The van der Waals surface area contributed by atoms with Gasteiger partial charge in [-0.05, 0) is 45.2 Å². The molecule has 1 saturated carbocycles. The van der Waals surface area contributed by atoms with Crippen LogP contribution in [0.4, 0.5) is 0 Å². The normalized spacial score (nSPS) is 28.9. The zero-order valence-electron chi connectivity index (χ0n) is 10.9. The quantitative estimate of drug-likeness (QED) is 0.820. The molecule has 16 heavy (non-hydrogen) atoms. The van der Waals surface area contributed by atoms with E-state index < -0.39 is 0 Å². The summed E-state index contributed by atoms with van der Waals surface area (Å²) in [5.41, 5.74) is 4.73. The summed E-state index contributed by atoms with van der Waals surface area (Å²) < 4.78 is 0. The van der Waals surface area contributed by atoms with E-state index in [-0.39, 0.29) is 0 Å². The van der Waals surface area contributed by atoms with Gasteiger partial charge >= 0.3 is 0 Å². The molecule has 1 fully saturated rings. The molecule has 0 aliphatic heterocycles. The monoisotopic (exact) mass is 217 g/mol. The summed E-state index contributed by atoms with van der Waals surface area (Å²) in [6.45, 7) is 7.87. The Labute approximate surface area is 99.3 Å². The Hall–Kier alpha value is -0.820. The molecular formula is C15H23N. The lowest BCUT2D eigenvalue weighted by molar-refractivity contribution is 0.155. The van der Waals surface area contributed by atoms with Crippen molar-refractivity contribution in [3.63, 3.8) is 0 Å². The van der Waals surface area contributed by atoms with Gasteiger partial charge in [-0.2, -0.15) is 0 Å². The van der Waals surface area contributed by atoms with Gasteiger partial charge in [0, 0.05) is 12.0 Å². The maximum absolute atomic E-state index is 3.37. The van der Waals surface area contributed by atoms with Crippen LogP contribution in [0.1, 0.15) is 36.5 Å². The highest BCUT2D eigenvalue weighted by atomic mass is 14.8. The van der Waals surface area contributed by atoms with Gasteiger partial charge in [0.1, 0.15) is 0 Å². The molecule has 1 aromatic rings. The first-order valence-electron chi connectivity index (χ1n) is 6.29. The third kappa shape index (κ3) is 2.01. The molecule has 1 nitrogen and oxygen atoms in total. The minimum absolute atomic E-state index is 0.408. The second-order valence-corrected chi connectivity index (χ2v) is 5.70. The van der Waals surface area contributed by atoms with Gasteiger partial charge in [0.25, 0.3) is 0 Å². The Morgan fingerprint density at radius 2 is 1.75 bits per heavy atom. The second kappa shape index (κ2) is 4.21. The lowest BCUT2D eigenvalue weighted by atomic mass is 9.59. The summed E-state index contributed by atoms with van der Waals surface area (Å²) >= 11 is 0. The highest BCUT2D eigenvalue weighted by molar-refractivity contribution is 5.36. The minimum Gasteiger partial charge on any atom is -0.319 e. The second-order valence-electron chi connectivity index (χ2n) is 5.70. The van der Waals surface area contributed by atoms with Crippen LogP contribution in [0.5, 0.6) is 0 Å². The predicted molar refractivity (Wildman–Crippen MR) is 69.9 cm³/mol. The van der Waals surface area contributed by atoms with Gasteiger partial charge in [0.2, 0.25) is 0 Å². The highest BCUT2D eigenvalue weighted by Crippen LogP contribution is 2.47. The maximum atomic E-state index is 3.37. The van der Waals surface area contributed by atoms with Crippen molar-refractivity contribution in [3.05, 3.63) is 34.9 Å². The number of nitrogens with one attached hydrogen (secondary N) is 1. The van der Waals surface area contributed by atoms with Crippen LogP contribution in [0.2, 0.25) is 0 Å². The summed E-state index contributed by atoms with van der Waals surface area (Å²) in [6, 6.07) is 7.01. The van der Waals surface area contributed by atoms with Crippen LogP contribution < -0.4 is 5.32 Å². The van der Waals surface area contributed by atoms with Crippen LogP contribution >= 0.6 is 0 Å². The van der Waals surface area contributed by atoms with E-state index in [4.69, 9.17) is 0 Å². The maximum Gasteiger partial charge on any atom is 0.00829 e. The van der Waals surface area contributed by atoms with Crippen LogP contribution in [-0.4, -0.2) is 13.6 Å². The van der Waals surface area contributed by atoms with Crippen LogP contribution in [0.25, 0.3) is 0 Å². The van der Waals surface area contributed by atoms with Gasteiger partial charge in [-0.15, -0.1) is 0 Å². The molecule has 0 spiro atoms. The molecule has 0 unspecified atom stereocenters. The van der Waals surface area contributed by atoms with E-state index in [9.17, 15) is 0 Å². The topological polar surface area (TPSA) is 12.0 Å². The summed E-state index contributed by atoms with van der Waals surface area (Å²) in [4.78, 5) is 0. The van der Waals surface area contributed by atoms with Gasteiger partial charge in [0.05, 0.1) is 0 Å². The van der Waals surface area contributed by atoms with Crippen LogP contribution in [0.15, 0.2) is 18.2 Å². The Kier molecular flexibility index (Phi) is 3.07. The van der Waals surface area contributed by atoms with Crippen molar-refractivity contribution in [1.29, 1.82) is 0 Å². The van der Waals surface area contributed by atoms with Crippen molar-refractivity contribution in [2.45, 2.75) is 39.0 Å². The zero-order chi connectivity index (χ0) is 11.8. The molecule has 0 bridgehead atoms.